The Kier molecular flexibility index (Phi) is 3.37. The molecule has 2 rings (SSSR count). The number of ether oxygens (including phenoxy) is 1. The van der Waals surface area contributed by atoms with E-state index in [4.69, 9.17) is 10.5 Å². The Labute approximate surface area is 116 Å². The number of carbonyl (C=O) groups excluding carboxylic acids is 1. The summed E-state index contributed by atoms with van der Waals surface area (Å²) in [7, 11) is 0. The fraction of sp³-hybridized carbons (Fsp3) is 0.933. The van der Waals surface area contributed by atoms with Gasteiger partial charge in [-0.2, -0.15) is 0 Å². The molecular weight excluding hydrogens is 240 g/mol. The lowest BCUT2D eigenvalue weighted by Gasteiger charge is -2.44. The number of alkyl carbamates (subject to hydrolysis) is 1. The average molecular weight is 268 g/mol. The third kappa shape index (κ3) is 2.60. The minimum absolute atomic E-state index is 0.0735. The molecule has 3 N–H and O–H groups in total. The van der Waals surface area contributed by atoms with Crippen LogP contribution >= 0.6 is 0 Å². The highest BCUT2D eigenvalue weighted by atomic mass is 16.6. The van der Waals surface area contributed by atoms with Crippen LogP contribution in [0.3, 0.4) is 0 Å². The first-order chi connectivity index (χ1) is 8.62. The summed E-state index contributed by atoms with van der Waals surface area (Å²) < 4.78 is 5.40. The van der Waals surface area contributed by atoms with Crippen molar-refractivity contribution in [2.75, 3.05) is 6.54 Å². The van der Waals surface area contributed by atoms with Gasteiger partial charge in [0, 0.05) is 5.54 Å². The summed E-state index contributed by atoms with van der Waals surface area (Å²) in [6, 6.07) is 0. The van der Waals surface area contributed by atoms with Crippen LogP contribution in [0.2, 0.25) is 0 Å². The molecule has 2 saturated carbocycles. The minimum atomic E-state index is -0.443. The number of nitrogens with two attached hydrogens (primary N) is 1. The summed E-state index contributed by atoms with van der Waals surface area (Å²) in [4.78, 5) is 12.0. The van der Waals surface area contributed by atoms with Gasteiger partial charge in [0.15, 0.2) is 0 Å². The van der Waals surface area contributed by atoms with E-state index in [0.29, 0.717) is 18.4 Å². The Morgan fingerprint density at radius 1 is 1.37 bits per heavy atom. The van der Waals surface area contributed by atoms with Crippen LogP contribution in [0.4, 0.5) is 4.79 Å². The maximum atomic E-state index is 12.0. The maximum absolute atomic E-state index is 12.0. The van der Waals surface area contributed by atoms with Crippen LogP contribution in [-0.4, -0.2) is 23.8 Å². The van der Waals surface area contributed by atoms with Crippen molar-refractivity contribution < 1.29 is 9.53 Å². The Bertz CT molecular complexity index is 367. The molecule has 0 bridgehead atoms. The molecular formula is C15H28N2O2. The lowest BCUT2D eigenvalue weighted by Crippen LogP contribution is -2.57. The predicted octanol–water partition coefficient (Wildman–Crippen LogP) is 2.66. The maximum Gasteiger partial charge on any atom is 0.408 e. The molecule has 2 aliphatic rings. The van der Waals surface area contributed by atoms with E-state index in [1.807, 2.05) is 20.8 Å². The van der Waals surface area contributed by atoms with Crippen LogP contribution in [-0.2, 0) is 4.74 Å². The molecule has 4 heteroatoms. The van der Waals surface area contributed by atoms with Gasteiger partial charge in [0.2, 0.25) is 0 Å². The van der Waals surface area contributed by atoms with Gasteiger partial charge in [-0.15, -0.1) is 0 Å². The first-order valence-corrected chi connectivity index (χ1v) is 7.34. The molecule has 0 spiro atoms. The lowest BCUT2D eigenvalue weighted by molar-refractivity contribution is 0.0323. The monoisotopic (exact) mass is 268 g/mol. The van der Waals surface area contributed by atoms with Crippen LogP contribution < -0.4 is 11.1 Å². The zero-order chi connectivity index (χ0) is 14.5. The van der Waals surface area contributed by atoms with E-state index in [0.717, 1.165) is 12.8 Å². The predicted molar refractivity (Wildman–Crippen MR) is 75.8 cm³/mol. The second-order valence-electron chi connectivity index (χ2n) is 7.78. The smallest absolute Gasteiger partial charge is 0.408 e. The number of nitrogens with one attached hydrogen (secondary N) is 1. The molecule has 0 aliphatic heterocycles. The van der Waals surface area contributed by atoms with Gasteiger partial charge < -0.3 is 15.8 Å². The van der Waals surface area contributed by atoms with E-state index in [1.54, 1.807) is 0 Å². The Balaban J connectivity index is 2.03. The van der Waals surface area contributed by atoms with Gasteiger partial charge in [-0.3, -0.25) is 0 Å². The first kappa shape index (κ1) is 14.6. The van der Waals surface area contributed by atoms with Gasteiger partial charge in [0.25, 0.3) is 0 Å². The van der Waals surface area contributed by atoms with Gasteiger partial charge in [-0.05, 0) is 63.8 Å². The van der Waals surface area contributed by atoms with Crippen molar-refractivity contribution in [3.63, 3.8) is 0 Å². The van der Waals surface area contributed by atoms with E-state index < -0.39 is 5.60 Å². The van der Waals surface area contributed by atoms with Gasteiger partial charge in [0.05, 0.1) is 0 Å². The van der Waals surface area contributed by atoms with E-state index in [1.165, 1.54) is 6.42 Å². The summed E-state index contributed by atoms with van der Waals surface area (Å²) in [5, 5.41) is 3.15. The van der Waals surface area contributed by atoms with Crippen LogP contribution in [0.25, 0.3) is 0 Å². The van der Waals surface area contributed by atoms with Gasteiger partial charge in [-0.1, -0.05) is 13.8 Å². The molecule has 0 heterocycles. The number of rotatable bonds is 3. The van der Waals surface area contributed by atoms with Gasteiger partial charge in [-0.25, -0.2) is 4.79 Å². The van der Waals surface area contributed by atoms with Crippen LogP contribution in [0.1, 0.15) is 53.9 Å². The number of amides is 1. The van der Waals surface area contributed by atoms with Gasteiger partial charge in [0.1, 0.15) is 5.60 Å². The molecule has 1 amide bonds. The van der Waals surface area contributed by atoms with Crippen molar-refractivity contribution in [3.8, 4) is 0 Å². The number of hydrogen-bond donors (Lipinski definition) is 2. The fourth-order valence-electron chi connectivity index (χ4n) is 3.86. The molecule has 0 aromatic heterocycles. The largest absolute Gasteiger partial charge is 0.444 e. The lowest BCUT2D eigenvalue weighted by atomic mass is 9.71. The topological polar surface area (TPSA) is 64.3 Å². The Morgan fingerprint density at radius 2 is 1.95 bits per heavy atom. The molecule has 0 aromatic carbocycles. The second-order valence-corrected chi connectivity index (χ2v) is 7.78. The molecule has 0 radical (unpaired) electrons. The molecule has 2 aliphatic carbocycles. The van der Waals surface area contributed by atoms with E-state index >= 15 is 0 Å². The normalized spacial score (nSPS) is 31.3. The fourth-order valence-corrected chi connectivity index (χ4v) is 3.86. The second kappa shape index (κ2) is 4.37. The third-order valence-corrected chi connectivity index (χ3v) is 4.90. The molecule has 0 saturated heterocycles. The highest BCUT2D eigenvalue weighted by molar-refractivity contribution is 5.69. The van der Waals surface area contributed by atoms with Crippen LogP contribution in [0.15, 0.2) is 0 Å². The van der Waals surface area contributed by atoms with Gasteiger partial charge >= 0.3 is 6.09 Å². The summed E-state index contributed by atoms with van der Waals surface area (Å²) in [5.41, 5.74) is 5.59. The van der Waals surface area contributed by atoms with Crippen molar-refractivity contribution >= 4 is 6.09 Å². The molecule has 2 unspecified atom stereocenters. The highest BCUT2D eigenvalue weighted by Crippen LogP contribution is 2.66. The molecule has 2 fully saturated rings. The molecule has 4 nitrogen and oxygen atoms in total. The Morgan fingerprint density at radius 3 is 2.26 bits per heavy atom. The zero-order valence-corrected chi connectivity index (χ0v) is 12.9. The summed E-state index contributed by atoms with van der Waals surface area (Å²) in [6.45, 7) is 10.9. The number of hydrogen-bond acceptors (Lipinski definition) is 3. The first-order valence-electron chi connectivity index (χ1n) is 7.34. The standard InChI is InChI=1S/C15H28N2O2/c1-13(2,3)19-12(18)17-15(7-6-8-15)11-10(9-16)14(11,4)5/h10-11H,6-9,16H2,1-5H3,(H,17,18). The summed E-state index contributed by atoms with van der Waals surface area (Å²) in [6.07, 6.45) is 3.00. The van der Waals surface area contributed by atoms with Crippen molar-refractivity contribution in [1.82, 2.24) is 5.32 Å². The molecule has 2 atom stereocenters. The van der Waals surface area contributed by atoms with Crippen LogP contribution in [0, 0.1) is 17.3 Å². The number of carbonyl (C=O) groups is 1. The SMILES string of the molecule is CC(C)(C)OC(=O)NC1(C2C(CN)C2(C)C)CCC1. The quantitative estimate of drug-likeness (QED) is 0.827. The molecule has 19 heavy (non-hydrogen) atoms. The van der Waals surface area contributed by atoms with Crippen molar-refractivity contribution in [2.45, 2.75) is 65.0 Å². The van der Waals surface area contributed by atoms with Crippen molar-refractivity contribution in [1.29, 1.82) is 0 Å². The van der Waals surface area contributed by atoms with Crippen molar-refractivity contribution in [3.05, 3.63) is 0 Å². The molecule has 110 valence electrons. The van der Waals surface area contributed by atoms with E-state index in [2.05, 4.69) is 19.2 Å². The summed E-state index contributed by atoms with van der Waals surface area (Å²) >= 11 is 0. The summed E-state index contributed by atoms with van der Waals surface area (Å²) in [5.74, 6) is 1.01. The highest BCUT2D eigenvalue weighted by Gasteiger charge is 2.67. The van der Waals surface area contributed by atoms with Crippen LogP contribution in [0.5, 0.6) is 0 Å². The Hall–Kier alpha value is -0.770. The van der Waals surface area contributed by atoms with E-state index in [9.17, 15) is 4.79 Å². The zero-order valence-electron chi connectivity index (χ0n) is 12.9. The average Bonchev–Trinajstić information content (AvgIpc) is 2.72. The van der Waals surface area contributed by atoms with Crippen molar-refractivity contribution in [2.24, 2.45) is 23.0 Å². The third-order valence-electron chi connectivity index (χ3n) is 4.90. The minimum Gasteiger partial charge on any atom is -0.444 e. The van der Waals surface area contributed by atoms with E-state index in [-0.39, 0.29) is 17.0 Å². The molecule has 0 aromatic rings.